The van der Waals surface area contributed by atoms with Crippen LogP contribution in [0, 0.1) is 13.8 Å². The average molecular weight is 248 g/mol. The molecule has 0 saturated carbocycles. The molecule has 4 nitrogen and oxygen atoms in total. The molecule has 1 heterocycles. The molecule has 0 spiro atoms. The Kier molecular flexibility index (Phi) is 3.68. The zero-order valence-electron chi connectivity index (χ0n) is 10.9. The van der Waals surface area contributed by atoms with Gasteiger partial charge in [0.1, 0.15) is 6.04 Å². The lowest BCUT2D eigenvalue weighted by molar-refractivity contribution is -0.119. The summed E-state index contributed by atoms with van der Waals surface area (Å²) < 4.78 is 0. The Morgan fingerprint density at radius 2 is 2.06 bits per heavy atom. The Balaban J connectivity index is 2.32. The molecule has 0 bridgehead atoms. The summed E-state index contributed by atoms with van der Waals surface area (Å²) in [7, 11) is 0. The van der Waals surface area contributed by atoms with Crippen molar-refractivity contribution in [1.29, 1.82) is 0 Å². The van der Waals surface area contributed by atoms with Gasteiger partial charge in [-0.1, -0.05) is 17.7 Å². The third-order valence-electron chi connectivity index (χ3n) is 3.40. The van der Waals surface area contributed by atoms with E-state index >= 15 is 0 Å². The average Bonchev–Trinajstić information content (AvgIpc) is 2.55. The van der Waals surface area contributed by atoms with Crippen LogP contribution in [0.15, 0.2) is 12.1 Å². The standard InChI is InChI=1S/C14H20N2O2/c1-9-7-10(2)13-11(8-9)12(15)14(18)16(13)5-3-4-6-17/h7-8,12,17H,3-6,15H2,1-2H3. The predicted molar refractivity (Wildman–Crippen MR) is 71.5 cm³/mol. The maximum absolute atomic E-state index is 12.2. The summed E-state index contributed by atoms with van der Waals surface area (Å²) in [5, 5.41) is 8.82. The zero-order chi connectivity index (χ0) is 13.3. The number of carbonyl (C=O) groups excluding carboxylic acids is 1. The van der Waals surface area contributed by atoms with Crippen LogP contribution in [0.25, 0.3) is 0 Å². The zero-order valence-corrected chi connectivity index (χ0v) is 10.9. The number of aliphatic hydroxyl groups is 1. The summed E-state index contributed by atoms with van der Waals surface area (Å²) in [4.78, 5) is 13.9. The molecule has 18 heavy (non-hydrogen) atoms. The predicted octanol–water partition coefficient (Wildman–Crippen LogP) is 1.42. The highest BCUT2D eigenvalue weighted by Gasteiger charge is 2.35. The minimum Gasteiger partial charge on any atom is -0.396 e. The van der Waals surface area contributed by atoms with Gasteiger partial charge in [-0.3, -0.25) is 4.79 Å². The first kappa shape index (κ1) is 13.1. The molecular weight excluding hydrogens is 228 g/mol. The second-order valence-corrected chi connectivity index (χ2v) is 4.92. The number of aryl methyl sites for hydroxylation is 2. The van der Waals surface area contributed by atoms with Gasteiger partial charge in [0.25, 0.3) is 0 Å². The molecule has 0 saturated heterocycles. The largest absolute Gasteiger partial charge is 0.396 e. The number of nitrogens with two attached hydrogens (primary N) is 1. The lowest BCUT2D eigenvalue weighted by Gasteiger charge is -2.19. The Hall–Kier alpha value is -1.39. The Morgan fingerprint density at radius 1 is 1.33 bits per heavy atom. The van der Waals surface area contributed by atoms with Crippen molar-refractivity contribution in [3.8, 4) is 0 Å². The summed E-state index contributed by atoms with van der Waals surface area (Å²) in [6, 6.07) is 3.54. The molecule has 4 heteroatoms. The van der Waals surface area contributed by atoms with Crippen molar-refractivity contribution in [2.24, 2.45) is 5.73 Å². The van der Waals surface area contributed by atoms with Crippen molar-refractivity contribution in [2.75, 3.05) is 18.1 Å². The van der Waals surface area contributed by atoms with Gasteiger partial charge in [-0.25, -0.2) is 0 Å². The smallest absolute Gasteiger partial charge is 0.248 e. The Morgan fingerprint density at radius 3 is 2.72 bits per heavy atom. The lowest BCUT2D eigenvalue weighted by Crippen LogP contribution is -2.32. The van der Waals surface area contributed by atoms with Crippen LogP contribution in [0.1, 0.15) is 35.6 Å². The molecular formula is C14H20N2O2. The van der Waals surface area contributed by atoms with E-state index in [0.717, 1.165) is 28.8 Å². The first-order chi connectivity index (χ1) is 8.56. The molecule has 3 N–H and O–H groups in total. The van der Waals surface area contributed by atoms with Gasteiger partial charge in [-0.2, -0.15) is 0 Å². The van der Waals surface area contributed by atoms with E-state index in [0.29, 0.717) is 13.0 Å². The molecule has 1 aliphatic rings. The van der Waals surface area contributed by atoms with E-state index < -0.39 is 6.04 Å². The first-order valence-corrected chi connectivity index (χ1v) is 6.35. The number of nitrogens with zero attached hydrogens (tertiary/aromatic N) is 1. The Labute approximate surface area is 107 Å². The van der Waals surface area contributed by atoms with Gasteiger partial charge in [0, 0.05) is 18.7 Å². The molecule has 98 valence electrons. The van der Waals surface area contributed by atoms with E-state index in [1.165, 1.54) is 0 Å². The highest BCUT2D eigenvalue weighted by molar-refractivity contribution is 6.05. The van der Waals surface area contributed by atoms with Gasteiger partial charge in [0.2, 0.25) is 5.91 Å². The molecule has 1 amide bonds. The highest BCUT2D eigenvalue weighted by Crippen LogP contribution is 2.38. The molecule has 1 aromatic rings. The second-order valence-electron chi connectivity index (χ2n) is 4.92. The highest BCUT2D eigenvalue weighted by atomic mass is 16.3. The number of hydrogen-bond donors (Lipinski definition) is 2. The molecule has 1 atom stereocenters. The van der Waals surface area contributed by atoms with Crippen LogP contribution in [0.5, 0.6) is 0 Å². The number of aliphatic hydroxyl groups excluding tert-OH is 1. The van der Waals surface area contributed by atoms with Gasteiger partial charge in [0.05, 0.1) is 5.69 Å². The van der Waals surface area contributed by atoms with Gasteiger partial charge in [0.15, 0.2) is 0 Å². The molecule has 0 radical (unpaired) electrons. The summed E-state index contributed by atoms with van der Waals surface area (Å²) >= 11 is 0. The molecule has 0 fully saturated rings. The topological polar surface area (TPSA) is 66.6 Å². The minimum atomic E-state index is -0.535. The van der Waals surface area contributed by atoms with Gasteiger partial charge < -0.3 is 15.7 Å². The van der Waals surface area contributed by atoms with E-state index in [-0.39, 0.29) is 12.5 Å². The minimum absolute atomic E-state index is 0.0309. The number of anilines is 1. The fraction of sp³-hybridized carbons (Fsp3) is 0.500. The SMILES string of the molecule is Cc1cc(C)c2c(c1)C(N)C(=O)N2CCCCO. The monoisotopic (exact) mass is 248 g/mol. The van der Waals surface area contributed by atoms with Crippen molar-refractivity contribution in [3.63, 3.8) is 0 Å². The second kappa shape index (κ2) is 5.08. The van der Waals surface area contributed by atoms with Crippen LogP contribution in [0.3, 0.4) is 0 Å². The fourth-order valence-corrected chi connectivity index (χ4v) is 2.61. The number of benzene rings is 1. The molecule has 2 rings (SSSR count). The molecule has 1 aliphatic heterocycles. The van der Waals surface area contributed by atoms with E-state index in [9.17, 15) is 4.79 Å². The third kappa shape index (κ3) is 2.13. The fourth-order valence-electron chi connectivity index (χ4n) is 2.61. The maximum atomic E-state index is 12.2. The summed E-state index contributed by atoms with van der Waals surface area (Å²) in [5.41, 5.74) is 10.1. The van der Waals surface area contributed by atoms with Crippen molar-refractivity contribution in [1.82, 2.24) is 0 Å². The summed E-state index contributed by atoms with van der Waals surface area (Å²) in [6.45, 7) is 4.81. The number of hydrogen-bond acceptors (Lipinski definition) is 3. The van der Waals surface area contributed by atoms with Crippen molar-refractivity contribution < 1.29 is 9.90 Å². The molecule has 0 aromatic heterocycles. The van der Waals surface area contributed by atoms with Gasteiger partial charge >= 0.3 is 0 Å². The molecule has 1 aromatic carbocycles. The molecule has 0 aliphatic carbocycles. The van der Waals surface area contributed by atoms with E-state index in [1.54, 1.807) is 4.90 Å². The maximum Gasteiger partial charge on any atom is 0.248 e. The Bertz CT molecular complexity index is 471. The van der Waals surface area contributed by atoms with Gasteiger partial charge in [-0.15, -0.1) is 0 Å². The van der Waals surface area contributed by atoms with Crippen LogP contribution in [-0.4, -0.2) is 24.2 Å². The van der Waals surface area contributed by atoms with Crippen LogP contribution in [0.4, 0.5) is 5.69 Å². The summed E-state index contributed by atoms with van der Waals surface area (Å²) in [5.74, 6) is -0.0309. The van der Waals surface area contributed by atoms with E-state index in [4.69, 9.17) is 10.8 Å². The van der Waals surface area contributed by atoms with Crippen molar-refractivity contribution in [3.05, 3.63) is 28.8 Å². The van der Waals surface area contributed by atoms with Crippen LogP contribution in [0.2, 0.25) is 0 Å². The number of carbonyl (C=O) groups is 1. The van der Waals surface area contributed by atoms with E-state index in [2.05, 4.69) is 6.07 Å². The van der Waals surface area contributed by atoms with E-state index in [1.807, 2.05) is 19.9 Å². The van der Waals surface area contributed by atoms with Crippen LogP contribution >= 0.6 is 0 Å². The number of amides is 1. The first-order valence-electron chi connectivity index (χ1n) is 6.35. The van der Waals surface area contributed by atoms with Crippen LogP contribution < -0.4 is 10.6 Å². The normalized spacial score (nSPS) is 18.3. The van der Waals surface area contributed by atoms with Gasteiger partial charge in [-0.05, 0) is 32.3 Å². The number of rotatable bonds is 4. The quantitative estimate of drug-likeness (QED) is 0.792. The number of fused-ring (bicyclic) bond motifs is 1. The third-order valence-corrected chi connectivity index (χ3v) is 3.40. The van der Waals surface area contributed by atoms with Crippen molar-refractivity contribution in [2.45, 2.75) is 32.7 Å². The van der Waals surface area contributed by atoms with Crippen molar-refractivity contribution >= 4 is 11.6 Å². The lowest BCUT2D eigenvalue weighted by atomic mass is 10.0. The molecule has 1 unspecified atom stereocenters. The summed E-state index contributed by atoms with van der Waals surface area (Å²) in [6.07, 6.45) is 1.50. The van der Waals surface area contributed by atoms with Crippen LogP contribution in [-0.2, 0) is 4.79 Å². The number of unbranched alkanes of at least 4 members (excludes halogenated alkanes) is 1.